The molecular formula is C20H25N5O2. The number of piperazine rings is 1. The second kappa shape index (κ2) is 8.26. The van der Waals surface area contributed by atoms with Crippen molar-refractivity contribution in [2.24, 2.45) is 4.99 Å². The van der Waals surface area contributed by atoms with Crippen LogP contribution in [0, 0.1) is 0 Å². The molecule has 1 aliphatic rings. The average Bonchev–Trinajstić information content (AvgIpc) is 3.35. The third-order valence-electron chi connectivity index (χ3n) is 4.74. The third-order valence-corrected chi connectivity index (χ3v) is 4.74. The van der Waals surface area contributed by atoms with Crippen LogP contribution in [0.4, 0.5) is 0 Å². The maximum absolute atomic E-state index is 5.88. The summed E-state index contributed by atoms with van der Waals surface area (Å²) >= 11 is 0. The Hall–Kier alpha value is -2.80. The molecule has 27 heavy (non-hydrogen) atoms. The minimum absolute atomic E-state index is 0.538. The summed E-state index contributed by atoms with van der Waals surface area (Å²) in [6.45, 7) is 8.13. The van der Waals surface area contributed by atoms with Gasteiger partial charge in [-0.25, -0.2) is 4.99 Å². The molecule has 0 spiro atoms. The van der Waals surface area contributed by atoms with E-state index in [1.165, 1.54) is 0 Å². The van der Waals surface area contributed by atoms with Gasteiger partial charge in [-0.15, -0.1) is 0 Å². The number of benzene rings is 1. The van der Waals surface area contributed by atoms with E-state index in [0.29, 0.717) is 6.54 Å². The second-order valence-electron chi connectivity index (χ2n) is 6.67. The first-order valence-electron chi connectivity index (χ1n) is 9.44. The lowest BCUT2D eigenvalue weighted by Gasteiger charge is -2.36. The van der Waals surface area contributed by atoms with Crippen molar-refractivity contribution >= 4 is 16.9 Å². The van der Waals surface area contributed by atoms with Crippen LogP contribution in [0.3, 0.4) is 0 Å². The van der Waals surface area contributed by atoms with Crippen molar-refractivity contribution < 1.29 is 8.94 Å². The fourth-order valence-electron chi connectivity index (χ4n) is 3.36. The summed E-state index contributed by atoms with van der Waals surface area (Å²) < 4.78 is 10.8. The van der Waals surface area contributed by atoms with Crippen LogP contribution in [0.1, 0.15) is 18.4 Å². The molecule has 1 N–H and O–H groups in total. The van der Waals surface area contributed by atoms with Gasteiger partial charge >= 0.3 is 0 Å². The Morgan fingerprint density at radius 3 is 2.78 bits per heavy atom. The Bertz CT molecular complexity index is 846. The number of hydrogen-bond acceptors (Lipinski definition) is 5. The summed E-state index contributed by atoms with van der Waals surface area (Å²) in [6, 6.07) is 12.0. The van der Waals surface area contributed by atoms with Gasteiger partial charge in [0, 0.05) is 50.7 Å². The summed E-state index contributed by atoms with van der Waals surface area (Å²) in [7, 11) is 0. The number of para-hydroxylation sites is 1. The Morgan fingerprint density at radius 2 is 2.04 bits per heavy atom. The zero-order valence-electron chi connectivity index (χ0n) is 15.6. The molecule has 3 aromatic rings. The summed E-state index contributed by atoms with van der Waals surface area (Å²) in [5.74, 6) is 1.83. The quantitative estimate of drug-likeness (QED) is 0.552. The van der Waals surface area contributed by atoms with Crippen molar-refractivity contribution in [3.8, 4) is 0 Å². The Kier molecular flexibility index (Phi) is 5.39. The zero-order chi connectivity index (χ0) is 18.5. The van der Waals surface area contributed by atoms with E-state index in [1.807, 2.05) is 24.3 Å². The highest BCUT2D eigenvalue weighted by Gasteiger charge is 2.20. The van der Waals surface area contributed by atoms with Crippen LogP contribution in [-0.4, -0.2) is 53.6 Å². The first kappa shape index (κ1) is 17.6. The Balaban J connectivity index is 1.37. The predicted octanol–water partition coefficient (Wildman–Crippen LogP) is 2.70. The topological polar surface area (TPSA) is 70.0 Å². The molecular weight excluding hydrogens is 342 g/mol. The molecule has 1 aliphatic heterocycles. The molecule has 0 radical (unpaired) electrons. The van der Waals surface area contributed by atoms with Crippen molar-refractivity contribution in [1.29, 1.82) is 0 Å². The molecule has 4 rings (SSSR count). The first-order chi connectivity index (χ1) is 13.3. The van der Waals surface area contributed by atoms with Gasteiger partial charge in [0.1, 0.15) is 24.2 Å². The van der Waals surface area contributed by atoms with Gasteiger partial charge in [-0.1, -0.05) is 23.4 Å². The minimum atomic E-state index is 0.538. The number of aromatic nitrogens is 1. The summed E-state index contributed by atoms with van der Waals surface area (Å²) in [5.41, 5.74) is 1.89. The van der Waals surface area contributed by atoms with Gasteiger partial charge in [-0.3, -0.25) is 4.90 Å². The molecule has 142 valence electrons. The van der Waals surface area contributed by atoms with Gasteiger partial charge in [-0.05, 0) is 19.1 Å². The molecule has 0 saturated carbocycles. The van der Waals surface area contributed by atoms with E-state index in [0.717, 1.165) is 67.7 Å². The molecule has 1 fully saturated rings. The average molecular weight is 367 g/mol. The molecule has 7 heteroatoms. The van der Waals surface area contributed by atoms with E-state index >= 15 is 0 Å². The number of guanidine groups is 1. The standard InChI is InChI=1S/C20H25N5O2/c1-2-21-20(22-14-18-13-16-5-3-4-6-19(16)27-18)25-10-8-24(9-11-25)15-17-7-12-26-23-17/h3-7,12-13H,2,8-11,14-15H2,1H3,(H,21,22). The maximum atomic E-state index is 5.88. The normalized spacial score (nSPS) is 16.2. The summed E-state index contributed by atoms with van der Waals surface area (Å²) in [4.78, 5) is 9.49. The Labute approximate surface area is 158 Å². The van der Waals surface area contributed by atoms with Crippen molar-refractivity contribution in [2.45, 2.75) is 20.0 Å². The Morgan fingerprint density at radius 1 is 1.19 bits per heavy atom. The van der Waals surface area contributed by atoms with E-state index in [2.05, 4.69) is 39.3 Å². The van der Waals surface area contributed by atoms with E-state index in [-0.39, 0.29) is 0 Å². The molecule has 0 unspecified atom stereocenters. The predicted molar refractivity (Wildman–Crippen MR) is 104 cm³/mol. The number of aliphatic imine (C=N–C) groups is 1. The number of furan rings is 1. The van der Waals surface area contributed by atoms with Crippen LogP contribution in [0.25, 0.3) is 11.0 Å². The second-order valence-corrected chi connectivity index (χ2v) is 6.67. The van der Waals surface area contributed by atoms with Crippen LogP contribution in [0.2, 0.25) is 0 Å². The number of fused-ring (bicyclic) bond motifs is 1. The molecule has 1 saturated heterocycles. The van der Waals surface area contributed by atoms with Crippen molar-refractivity contribution in [3.05, 3.63) is 54.1 Å². The molecule has 2 aromatic heterocycles. The van der Waals surface area contributed by atoms with Crippen LogP contribution in [-0.2, 0) is 13.1 Å². The highest BCUT2D eigenvalue weighted by Crippen LogP contribution is 2.19. The lowest BCUT2D eigenvalue weighted by Crippen LogP contribution is -2.52. The van der Waals surface area contributed by atoms with Crippen LogP contribution in [0.15, 0.2) is 56.6 Å². The van der Waals surface area contributed by atoms with Crippen LogP contribution >= 0.6 is 0 Å². The monoisotopic (exact) mass is 367 g/mol. The first-order valence-corrected chi connectivity index (χ1v) is 9.44. The molecule has 0 bridgehead atoms. The fraction of sp³-hybridized carbons (Fsp3) is 0.400. The zero-order valence-corrected chi connectivity index (χ0v) is 15.6. The van der Waals surface area contributed by atoms with Crippen molar-refractivity contribution in [1.82, 2.24) is 20.3 Å². The maximum Gasteiger partial charge on any atom is 0.194 e. The fourth-order valence-corrected chi connectivity index (χ4v) is 3.36. The van der Waals surface area contributed by atoms with E-state index < -0.39 is 0 Å². The van der Waals surface area contributed by atoms with Gasteiger partial charge in [0.05, 0.1) is 5.69 Å². The minimum Gasteiger partial charge on any atom is -0.459 e. The van der Waals surface area contributed by atoms with E-state index in [1.54, 1.807) is 6.26 Å². The molecule has 1 aromatic carbocycles. The lowest BCUT2D eigenvalue weighted by atomic mass is 10.2. The van der Waals surface area contributed by atoms with Crippen LogP contribution < -0.4 is 5.32 Å². The van der Waals surface area contributed by atoms with Gasteiger partial charge < -0.3 is 19.2 Å². The van der Waals surface area contributed by atoms with Gasteiger partial charge in [0.2, 0.25) is 0 Å². The van der Waals surface area contributed by atoms with Crippen molar-refractivity contribution in [2.75, 3.05) is 32.7 Å². The molecule has 7 nitrogen and oxygen atoms in total. The smallest absolute Gasteiger partial charge is 0.194 e. The summed E-state index contributed by atoms with van der Waals surface area (Å²) in [6.07, 6.45) is 1.62. The number of nitrogens with zero attached hydrogens (tertiary/aromatic N) is 4. The lowest BCUT2D eigenvalue weighted by molar-refractivity contribution is 0.169. The van der Waals surface area contributed by atoms with Gasteiger partial charge in [0.15, 0.2) is 5.96 Å². The number of hydrogen-bond donors (Lipinski definition) is 1. The molecule has 0 amide bonds. The number of rotatable bonds is 5. The number of nitrogens with one attached hydrogen (secondary N) is 1. The van der Waals surface area contributed by atoms with Gasteiger partial charge in [-0.2, -0.15) is 0 Å². The van der Waals surface area contributed by atoms with E-state index in [9.17, 15) is 0 Å². The molecule has 0 aliphatic carbocycles. The highest BCUT2D eigenvalue weighted by atomic mass is 16.5. The van der Waals surface area contributed by atoms with Crippen molar-refractivity contribution in [3.63, 3.8) is 0 Å². The van der Waals surface area contributed by atoms with Crippen LogP contribution in [0.5, 0.6) is 0 Å². The van der Waals surface area contributed by atoms with E-state index in [4.69, 9.17) is 13.9 Å². The highest BCUT2D eigenvalue weighted by molar-refractivity contribution is 5.80. The van der Waals surface area contributed by atoms with Gasteiger partial charge in [0.25, 0.3) is 0 Å². The molecule has 3 heterocycles. The SMILES string of the molecule is CCNC(=NCc1cc2ccccc2o1)N1CCN(Cc2ccon2)CC1. The molecule has 0 atom stereocenters. The third kappa shape index (κ3) is 4.31. The largest absolute Gasteiger partial charge is 0.459 e. The summed E-state index contributed by atoms with van der Waals surface area (Å²) in [5, 5.41) is 8.52.